The Morgan fingerprint density at radius 2 is 2.10 bits per heavy atom. The first-order chi connectivity index (χ1) is 4.59. The van der Waals surface area contributed by atoms with Crippen molar-refractivity contribution in [3.8, 4) is 0 Å². The summed E-state index contributed by atoms with van der Waals surface area (Å²) in [7, 11) is 0. The molecule has 3 heteroatoms. The molecular weight excluding hydrogens is 132 g/mol. The molecule has 2 N–H and O–H groups in total. The predicted molar refractivity (Wildman–Crippen MR) is 37.7 cm³/mol. The molecule has 0 heterocycles. The van der Waals surface area contributed by atoms with E-state index in [2.05, 4.69) is 0 Å². The minimum Gasteiger partial charge on any atom is -0.481 e. The Balaban J connectivity index is 3.69. The minimum atomic E-state index is -0.930. The molecule has 0 amide bonds. The summed E-state index contributed by atoms with van der Waals surface area (Å²) in [4.78, 5) is 10.3. The standard InChI is InChI=1S/C7H14O3/c1-3-4-6(8)5(2)7(9)10/h5-6,8H,3-4H2,1-2H3,(H,9,10)/t5-,6+/m1/s1. The first-order valence-electron chi connectivity index (χ1n) is 3.50. The fraction of sp³-hybridized carbons (Fsp3) is 0.857. The van der Waals surface area contributed by atoms with Gasteiger partial charge in [-0.25, -0.2) is 0 Å². The van der Waals surface area contributed by atoms with Gasteiger partial charge in [0, 0.05) is 0 Å². The lowest BCUT2D eigenvalue weighted by Gasteiger charge is -2.12. The van der Waals surface area contributed by atoms with E-state index in [0.29, 0.717) is 6.42 Å². The molecule has 3 nitrogen and oxygen atoms in total. The van der Waals surface area contributed by atoms with Gasteiger partial charge in [-0.3, -0.25) is 4.79 Å². The van der Waals surface area contributed by atoms with Crippen molar-refractivity contribution >= 4 is 5.97 Å². The topological polar surface area (TPSA) is 57.5 Å². The van der Waals surface area contributed by atoms with Gasteiger partial charge in [0.05, 0.1) is 12.0 Å². The first kappa shape index (κ1) is 9.43. The summed E-state index contributed by atoms with van der Waals surface area (Å²) in [5.74, 6) is -1.57. The van der Waals surface area contributed by atoms with Gasteiger partial charge in [-0.2, -0.15) is 0 Å². The number of carboxylic acids is 1. The number of aliphatic hydroxyl groups is 1. The summed E-state index contributed by atoms with van der Waals surface area (Å²) >= 11 is 0. The zero-order chi connectivity index (χ0) is 8.15. The highest BCUT2D eigenvalue weighted by Crippen LogP contribution is 2.08. The molecule has 0 radical (unpaired) electrons. The Morgan fingerprint density at radius 3 is 2.40 bits per heavy atom. The molecular formula is C7H14O3. The second-order valence-corrected chi connectivity index (χ2v) is 2.48. The van der Waals surface area contributed by atoms with Gasteiger partial charge in [0.1, 0.15) is 0 Å². The van der Waals surface area contributed by atoms with E-state index in [9.17, 15) is 4.79 Å². The van der Waals surface area contributed by atoms with Gasteiger partial charge in [0.15, 0.2) is 0 Å². The van der Waals surface area contributed by atoms with Crippen LogP contribution in [0.5, 0.6) is 0 Å². The number of aliphatic carboxylic acids is 1. The number of hydrogen-bond donors (Lipinski definition) is 2. The zero-order valence-corrected chi connectivity index (χ0v) is 6.37. The number of hydrogen-bond acceptors (Lipinski definition) is 2. The lowest BCUT2D eigenvalue weighted by atomic mass is 10.0. The molecule has 0 saturated carbocycles. The summed E-state index contributed by atoms with van der Waals surface area (Å²) in [6, 6.07) is 0. The van der Waals surface area contributed by atoms with E-state index in [0.717, 1.165) is 6.42 Å². The molecule has 0 aliphatic rings. The van der Waals surface area contributed by atoms with Crippen molar-refractivity contribution in [3.05, 3.63) is 0 Å². The number of rotatable bonds is 4. The molecule has 0 fully saturated rings. The molecule has 60 valence electrons. The van der Waals surface area contributed by atoms with Crippen molar-refractivity contribution in [2.75, 3.05) is 0 Å². The van der Waals surface area contributed by atoms with Crippen molar-refractivity contribution in [1.82, 2.24) is 0 Å². The Hall–Kier alpha value is -0.570. The van der Waals surface area contributed by atoms with Crippen molar-refractivity contribution in [2.24, 2.45) is 5.92 Å². The maximum absolute atomic E-state index is 10.3. The molecule has 0 aliphatic heterocycles. The molecule has 0 rings (SSSR count). The van der Waals surface area contributed by atoms with E-state index in [-0.39, 0.29) is 0 Å². The second-order valence-electron chi connectivity index (χ2n) is 2.48. The fourth-order valence-corrected chi connectivity index (χ4v) is 0.710. The normalized spacial score (nSPS) is 16.3. The summed E-state index contributed by atoms with van der Waals surface area (Å²) in [5.41, 5.74) is 0. The van der Waals surface area contributed by atoms with E-state index >= 15 is 0 Å². The van der Waals surface area contributed by atoms with Crippen molar-refractivity contribution in [1.29, 1.82) is 0 Å². The molecule has 0 aromatic rings. The van der Waals surface area contributed by atoms with E-state index in [1.807, 2.05) is 6.92 Å². The largest absolute Gasteiger partial charge is 0.481 e. The predicted octanol–water partition coefficient (Wildman–Crippen LogP) is 0.868. The summed E-state index contributed by atoms with van der Waals surface area (Å²) in [5, 5.41) is 17.5. The van der Waals surface area contributed by atoms with Crippen LogP contribution in [0.25, 0.3) is 0 Å². The number of carbonyl (C=O) groups is 1. The lowest BCUT2D eigenvalue weighted by Crippen LogP contribution is -2.24. The Bertz CT molecular complexity index is 111. The van der Waals surface area contributed by atoms with E-state index in [4.69, 9.17) is 10.2 Å². The van der Waals surface area contributed by atoms with Crippen molar-refractivity contribution in [2.45, 2.75) is 32.8 Å². The van der Waals surface area contributed by atoms with Crippen LogP contribution in [0.3, 0.4) is 0 Å². The molecule has 0 aromatic heterocycles. The third-order valence-electron chi connectivity index (χ3n) is 1.55. The van der Waals surface area contributed by atoms with Gasteiger partial charge in [0.2, 0.25) is 0 Å². The maximum atomic E-state index is 10.3. The van der Waals surface area contributed by atoms with Crippen LogP contribution in [0, 0.1) is 5.92 Å². The summed E-state index contributed by atoms with van der Waals surface area (Å²) in [6.45, 7) is 3.43. The third-order valence-corrected chi connectivity index (χ3v) is 1.55. The quantitative estimate of drug-likeness (QED) is 0.618. The molecule has 10 heavy (non-hydrogen) atoms. The van der Waals surface area contributed by atoms with Crippen LogP contribution in [-0.2, 0) is 4.79 Å². The molecule has 0 unspecified atom stereocenters. The molecule has 2 atom stereocenters. The van der Waals surface area contributed by atoms with Crippen molar-refractivity contribution < 1.29 is 15.0 Å². The third kappa shape index (κ3) is 2.82. The summed E-state index contributed by atoms with van der Waals surface area (Å²) in [6.07, 6.45) is 0.689. The Labute approximate surface area is 60.7 Å². The molecule has 0 saturated heterocycles. The van der Waals surface area contributed by atoms with Crippen LogP contribution in [-0.4, -0.2) is 22.3 Å². The van der Waals surface area contributed by atoms with E-state index in [1.54, 1.807) is 0 Å². The Kier molecular flexibility index (Phi) is 4.03. The van der Waals surface area contributed by atoms with Crippen LogP contribution < -0.4 is 0 Å². The van der Waals surface area contributed by atoms with Gasteiger partial charge in [-0.05, 0) is 13.3 Å². The molecule has 0 spiro atoms. The van der Waals surface area contributed by atoms with E-state index < -0.39 is 18.0 Å². The fourth-order valence-electron chi connectivity index (χ4n) is 0.710. The average molecular weight is 146 g/mol. The number of aliphatic hydroxyl groups excluding tert-OH is 1. The highest BCUT2D eigenvalue weighted by Gasteiger charge is 2.19. The highest BCUT2D eigenvalue weighted by molar-refractivity contribution is 5.70. The van der Waals surface area contributed by atoms with Crippen molar-refractivity contribution in [3.63, 3.8) is 0 Å². The van der Waals surface area contributed by atoms with E-state index in [1.165, 1.54) is 6.92 Å². The van der Waals surface area contributed by atoms with Crippen LogP contribution in [0.2, 0.25) is 0 Å². The zero-order valence-electron chi connectivity index (χ0n) is 6.37. The van der Waals surface area contributed by atoms with Crippen LogP contribution >= 0.6 is 0 Å². The van der Waals surface area contributed by atoms with Gasteiger partial charge >= 0.3 is 5.97 Å². The average Bonchev–Trinajstić information content (AvgIpc) is 1.87. The SMILES string of the molecule is CCC[C@H](O)[C@@H](C)C(=O)O. The lowest BCUT2D eigenvalue weighted by molar-refractivity contribution is -0.144. The number of carboxylic acid groups (broad SMARTS) is 1. The second kappa shape index (κ2) is 4.28. The summed E-state index contributed by atoms with van der Waals surface area (Å²) < 4.78 is 0. The molecule has 0 bridgehead atoms. The van der Waals surface area contributed by atoms with Gasteiger partial charge < -0.3 is 10.2 Å². The minimum absolute atomic E-state index is 0.563. The Morgan fingerprint density at radius 1 is 1.60 bits per heavy atom. The van der Waals surface area contributed by atoms with Gasteiger partial charge in [0.25, 0.3) is 0 Å². The van der Waals surface area contributed by atoms with Crippen LogP contribution in [0.4, 0.5) is 0 Å². The maximum Gasteiger partial charge on any atom is 0.308 e. The molecule has 0 aromatic carbocycles. The van der Waals surface area contributed by atoms with Gasteiger partial charge in [-0.15, -0.1) is 0 Å². The molecule has 0 aliphatic carbocycles. The van der Waals surface area contributed by atoms with Gasteiger partial charge in [-0.1, -0.05) is 13.3 Å². The highest BCUT2D eigenvalue weighted by atomic mass is 16.4. The first-order valence-corrected chi connectivity index (χ1v) is 3.50. The smallest absolute Gasteiger partial charge is 0.308 e. The van der Waals surface area contributed by atoms with Crippen LogP contribution in [0.1, 0.15) is 26.7 Å². The monoisotopic (exact) mass is 146 g/mol. The van der Waals surface area contributed by atoms with Crippen LogP contribution in [0.15, 0.2) is 0 Å².